The number of carbonyl (C=O) groups is 2. The molecule has 1 heterocycles. The molecule has 8 nitrogen and oxygen atoms in total. The topological polar surface area (TPSA) is 96.0 Å². The predicted octanol–water partition coefficient (Wildman–Crippen LogP) is 4.50. The molecule has 2 amide bonds. The fourth-order valence-electron chi connectivity index (χ4n) is 5.19. The normalized spacial score (nSPS) is 23.3. The highest BCUT2D eigenvalue weighted by molar-refractivity contribution is 7.89. The van der Waals surface area contributed by atoms with Gasteiger partial charge in [0.2, 0.25) is 15.9 Å². The van der Waals surface area contributed by atoms with Gasteiger partial charge in [0.1, 0.15) is 11.6 Å². The van der Waals surface area contributed by atoms with Crippen molar-refractivity contribution in [1.29, 1.82) is 0 Å². The van der Waals surface area contributed by atoms with E-state index in [-0.39, 0.29) is 47.7 Å². The molecule has 1 aliphatic heterocycles. The highest BCUT2D eigenvalue weighted by atomic mass is 32.2. The van der Waals surface area contributed by atoms with E-state index in [1.807, 2.05) is 13.8 Å². The smallest absolute Gasteiger partial charge is 0.416 e. The Hall–Kier alpha value is -2.34. The Morgan fingerprint density at radius 3 is 2.24 bits per heavy atom. The third-order valence-electron chi connectivity index (χ3n) is 7.12. The molecule has 1 N–H and O–H groups in total. The number of carbonyl (C=O) groups excluding carboxylic acids is 2. The molecule has 12 heteroatoms. The Morgan fingerprint density at radius 2 is 1.71 bits per heavy atom. The first-order valence-electron chi connectivity index (χ1n) is 12.8. The highest BCUT2D eigenvalue weighted by Crippen LogP contribution is 2.40. The third kappa shape index (κ3) is 6.99. The number of alkyl halides is 3. The van der Waals surface area contributed by atoms with Crippen LogP contribution in [0.2, 0.25) is 0 Å². The fraction of sp³-hybridized carbons (Fsp3) is 0.692. The van der Waals surface area contributed by atoms with E-state index in [9.17, 15) is 31.2 Å². The molecule has 1 saturated heterocycles. The highest BCUT2D eigenvalue weighted by Gasteiger charge is 2.47. The summed E-state index contributed by atoms with van der Waals surface area (Å²) in [5.41, 5.74) is -1.63. The monoisotopic (exact) mass is 561 g/mol. The first-order valence-corrected chi connectivity index (χ1v) is 14.3. The van der Waals surface area contributed by atoms with Crippen LogP contribution in [0.25, 0.3) is 0 Å². The molecule has 0 spiro atoms. The van der Waals surface area contributed by atoms with Crippen molar-refractivity contribution in [3.63, 3.8) is 0 Å². The number of nitrogens with one attached hydrogen (secondary N) is 1. The Bertz CT molecular complexity index is 1120. The number of ether oxygens (including phenoxy) is 1. The lowest BCUT2D eigenvalue weighted by Crippen LogP contribution is -2.52. The molecule has 3 rings (SSSR count). The summed E-state index contributed by atoms with van der Waals surface area (Å²) in [6.45, 7) is 9.56. The van der Waals surface area contributed by atoms with Gasteiger partial charge in [-0.3, -0.25) is 9.69 Å². The molecule has 0 unspecified atom stereocenters. The summed E-state index contributed by atoms with van der Waals surface area (Å²) in [5, 5.41) is 3.06. The minimum absolute atomic E-state index is 0.0247. The summed E-state index contributed by atoms with van der Waals surface area (Å²) in [6, 6.07) is 2.47. The number of benzene rings is 1. The SMILES string of the molecule is CC(C)C[C@@H](C(=O)N[C@H]1CC[C@H]2CN(S(=O)(=O)c3ccc(C(F)(F)F)cc3)C[C@H]21)N(C)C(=O)OC(C)(C)C. The third-order valence-corrected chi connectivity index (χ3v) is 8.96. The fourth-order valence-corrected chi connectivity index (χ4v) is 6.73. The molecular formula is C26H38F3N3O5S. The molecule has 0 radical (unpaired) electrons. The molecule has 1 aromatic rings. The lowest BCUT2D eigenvalue weighted by molar-refractivity contribution is -0.137. The van der Waals surface area contributed by atoms with E-state index >= 15 is 0 Å². The van der Waals surface area contributed by atoms with E-state index in [1.54, 1.807) is 20.8 Å². The van der Waals surface area contributed by atoms with Gasteiger partial charge in [-0.05, 0) is 82.1 Å². The minimum atomic E-state index is -4.55. The Kier molecular flexibility index (Phi) is 8.77. The van der Waals surface area contributed by atoms with E-state index in [1.165, 1.54) is 16.3 Å². The standard InChI is InChI=1S/C26H38F3N3O5S/c1-16(2)13-22(31(6)24(34)37-25(3,4)5)23(33)30-21-12-7-17-14-32(15-20(17)21)38(35,36)19-10-8-18(9-11-19)26(27,28)29/h8-11,16-17,20-22H,7,12-15H2,1-6H3,(H,30,33)/t17-,20+,21-,22-/m0/s1. The first kappa shape index (κ1) is 30.2. The summed E-state index contributed by atoms with van der Waals surface area (Å²) in [7, 11) is -2.45. The summed E-state index contributed by atoms with van der Waals surface area (Å²) in [6.07, 6.45) is -3.33. The van der Waals surface area contributed by atoms with E-state index in [0.717, 1.165) is 24.3 Å². The van der Waals surface area contributed by atoms with Gasteiger partial charge in [-0.15, -0.1) is 0 Å². The van der Waals surface area contributed by atoms with Crippen LogP contribution in [0.3, 0.4) is 0 Å². The van der Waals surface area contributed by atoms with E-state index < -0.39 is 39.5 Å². The number of hydrogen-bond donors (Lipinski definition) is 1. The average Bonchev–Trinajstić information content (AvgIpc) is 3.37. The maximum atomic E-state index is 13.4. The molecule has 1 aliphatic carbocycles. The van der Waals surface area contributed by atoms with Crippen molar-refractivity contribution in [1.82, 2.24) is 14.5 Å². The maximum absolute atomic E-state index is 13.4. The van der Waals surface area contributed by atoms with Gasteiger partial charge >= 0.3 is 12.3 Å². The van der Waals surface area contributed by atoms with Gasteiger partial charge in [0.15, 0.2) is 0 Å². The zero-order valence-electron chi connectivity index (χ0n) is 22.7. The van der Waals surface area contributed by atoms with Crippen molar-refractivity contribution in [2.45, 2.75) is 82.6 Å². The van der Waals surface area contributed by atoms with Crippen molar-refractivity contribution >= 4 is 22.0 Å². The molecule has 1 saturated carbocycles. The lowest BCUT2D eigenvalue weighted by Gasteiger charge is -2.32. The minimum Gasteiger partial charge on any atom is -0.444 e. The Morgan fingerprint density at radius 1 is 1.11 bits per heavy atom. The van der Waals surface area contributed by atoms with Crippen molar-refractivity contribution < 1.29 is 35.9 Å². The first-order chi connectivity index (χ1) is 17.4. The van der Waals surface area contributed by atoms with Crippen molar-refractivity contribution in [2.24, 2.45) is 17.8 Å². The zero-order chi connectivity index (χ0) is 28.6. The Labute approximate surface area is 222 Å². The van der Waals surface area contributed by atoms with Gasteiger partial charge in [-0.1, -0.05) is 13.8 Å². The second kappa shape index (κ2) is 11.0. The summed E-state index contributed by atoms with van der Waals surface area (Å²) in [5.74, 6) is -0.295. The van der Waals surface area contributed by atoms with Gasteiger partial charge in [0.05, 0.1) is 10.5 Å². The van der Waals surface area contributed by atoms with Crippen LogP contribution in [0, 0.1) is 17.8 Å². The van der Waals surface area contributed by atoms with Gasteiger partial charge in [0, 0.05) is 26.2 Å². The largest absolute Gasteiger partial charge is 0.444 e. The number of fused-ring (bicyclic) bond motifs is 1. The van der Waals surface area contributed by atoms with Crippen LogP contribution < -0.4 is 5.32 Å². The van der Waals surface area contributed by atoms with Gasteiger partial charge in [-0.25, -0.2) is 13.2 Å². The molecule has 38 heavy (non-hydrogen) atoms. The van der Waals surface area contributed by atoms with Crippen molar-refractivity contribution in [2.75, 3.05) is 20.1 Å². The van der Waals surface area contributed by atoms with E-state index in [2.05, 4.69) is 5.32 Å². The average molecular weight is 562 g/mol. The van der Waals surface area contributed by atoms with Crippen LogP contribution in [-0.4, -0.2) is 67.4 Å². The molecule has 4 atom stereocenters. The van der Waals surface area contributed by atoms with Crippen LogP contribution in [0.4, 0.5) is 18.0 Å². The number of sulfonamides is 1. The molecule has 0 bridgehead atoms. The zero-order valence-corrected chi connectivity index (χ0v) is 23.5. The van der Waals surface area contributed by atoms with Crippen LogP contribution in [0.5, 0.6) is 0 Å². The number of nitrogens with zero attached hydrogens (tertiary/aromatic N) is 2. The summed E-state index contributed by atoms with van der Waals surface area (Å²) in [4.78, 5) is 27.1. The lowest BCUT2D eigenvalue weighted by atomic mass is 9.96. The molecule has 214 valence electrons. The second-order valence-corrected chi connectivity index (χ2v) is 13.6. The van der Waals surface area contributed by atoms with Crippen molar-refractivity contribution in [3.8, 4) is 0 Å². The maximum Gasteiger partial charge on any atom is 0.416 e. The number of amides is 2. The molecule has 2 fully saturated rings. The number of halogens is 3. The van der Waals surface area contributed by atoms with Crippen LogP contribution >= 0.6 is 0 Å². The van der Waals surface area contributed by atoms with Gasteiger partial charge in [-0.2, -0.15) is 17.5 Å². The van der Waals surface area contributed by atoms with Crippen LogP contribution in [-0.2, 0) is 25.7 Å². The number of rotatable bonds is 7. The predicted molar refractivity (Wildman–Crippen MR) is 136 cm³/mol. The van der Waals surface area contributed by atoms with Crippen molar-refractivity contribution in [3.05, 3.63) is 29.8 Å². The number of likely N-dealkylation sites (N-methyl/N-ethyl adjacent to an activating group) is 1. The molecular weight excluding hydrogens is 523 g/mol. The van der Waals surface area contributed by atoms with Gasteiger partial charge < -0.3 is 10.1 Å². The van der Waals surface area contributed by atoms with Gasteiger partial charge in [0.25, 0.3) is 0 Å². The summed E-state index contributed by atoms with van der Waals surface area (Å²) >= 11 is 0. The van der Waals surface area contributed by atoms with Crippen LogP contribution in [0.15, 0.2) is 29.2 Å². The number of hydrogen-bond acceptors (Lipinski definition) is 5. The van der Waals surface area contributed by atoms with E-state index in [4.69, 9.17) is 4.74 Å². The molecule has 0 aromatic heterocycles. The van der Waals surface area contributed by atoms with Crippen LogP contribution in [0.1, 0.15) is 59.4 Å². The summed E-state index contributed by atoms with van der Waals surface area (Å²) < 4.78 is 71.7. The Balaban J connectivity index is 1.70. The second-order valence-electron chi connectivity index (χ2n) is 11.7. The molecule has 2 aliphatic rings. The quantitative estimate of drug-likeness (QED) is 0.529. The van der Waals surface area contributed by atoms with E-state index in [0.29, 0.717) is 19.3 Å². The molecule has 1 aromatic carbocycles.